The first-order valence-electron chi connectivity index (χ1n) is 12.2. The summed E-state index contributed by atoms with van der Waals surface area (Å²) in [4.78, 5) is 29.6. The molecule has 0 saturated carbocycles. The van der Waals surface area contributed by atoms with Crippen LogP contribution < -0.4 is 5.32 Å². The number of aromatic amines is 1. The first kappa shape index (κ1) is 24.5. The van der Waals surface area contributed by atoms with Gasteiger partial charge in [0.1, 0.15) is 17.5 Å². The second-order valence-corrected chi connectivity index (χ2v) is 9.78. The van der Waals surface area contributed by atoms with Crippen molar-refractivity contribution in [2.24, 2.45) is 0 Å². The third kappa shape index (κ3) is 5.55. The maximum atomic E-state index is 13.4. The molecular weight excluding hydrogens is 513 g/mol. The number of para-hydroxylation sites is 2. The first-order valence-corrected chi connectivity index (χ1v) is 13.1. The average Bonchev–Trinajstić information content (AvgIpc) is 3.54. The number of ketones is 1. The van der Waals surface area contributed by atoms with E-state index in [1.807, 2.05) is 49.4 Å². The van der Waals surface area contributed by atoms with Crippen molar-refractivity contribution in [1.82, 2.24) is 29.5 Å². The van der Waals surface area contributed by atoms with E-state index in [4.69, 9.17) is 0 Å². The number of nitrogens with one attached hydrogen (secondary N) is 2. The highest BCUT2D eigenvalue weighted by molar-refractivity contribution is 7.98. The highest BCUT2D eigenvalue weighted by Gasteiger charge is 2.12. The number of benzene rings is 3. The van der Waals surface area contributed by atoms with Gasteiger partial charge in [-0.3, -0.25) is 4.79 Å². The summed E-state index contributed by atoms with van der Waals surface area (Å²) in [5, 5.41) is 8.57. The van der Waals surface area contributed by atoms with E-state index in [9.17, 15) is 9.18 Å². The van der Waals surface area contributed by atoms with Gasteiger partial charge < -0.3 is 10.3 Å². The lowest BCUT2D eigenvalue weighted by molar-refractivity contribution is 0.104. The monoisotopic (exact) mass is 535 g/mol. The maximum Gasteiger partial charge on any atom is 0.255 e. The summed E-state index contributed by atoms with van der Waals surface area (Å²) >= 11 is 1.47. The number of aromatic nitrogens is 6. The van der Waals surface area contributed by atoms with Gasteiger partial charge in [0.25, 0.3) is 5.78 Å². The predicted octanol–water partition coefficient (Wildman–Crippen LogP) is 6.38. The molecule has 0 fully saturated rings. The number of H-pyrrole nitrogens is 1. The molecule has 3 heterocycles. The number of hydrogen-bond donors (Lipinski definition) is 2. The molecule has 0 aliphatic heterocycles. The number of nitrogens with zero attached hydrogens (tertiary/aromatic N) is 5. The number of carbonyl (C=O) groups is 1. The van der Waals surface area contributed by atoms with Gasteiger partial charge in [0, 0.05) is 23.0 Å². The maximum absolute atomic E-state index is 13.4. The van der Waals surface area contributed by atoms with E-state index in [2.05, 4.69) is 30.4 Å². The Morgan fingerprint density at radius 2 is 1.87 bits per heavy atom. The molecule has 2 N–H and O–H groups in total. The van der Waals surface area contributed by atoms with Gasteiger partial charge in [-0.25, -0.2) is 14.4 Å². The Kier molecular flexibility index (Phi) is 6.60. The molecule has 6 rings (SSSR count). The minimum Gasteiger partial charge on any atom is -0.341 e. The third-order valence-corrected chi connectivity index (χ3v) is 6.76. The largest absolute Gasteiger partial charge is 0.341 e. The number of anilines is 2. The molecule has 0 bridgehead atoms. The molecule has 0 spiro atoms. The Balaban J connectivity index is 1.16. The van der Waals surface area contributed by atoms with Crippen LogP contribution in [0.15, 0.2) is 90.1 Å². The standard InChI is InChI=1S/C29H22FN7OS/c1-18-15-27(32-22-12-10-20(11-13-22)25(38)14-9-19-5-4-6-21(30)16-19)37-28(31-18)35-29(36-37)39-17-26-33-23-7-2-3-8-24(23)34-26/h2-16,32H,17H2,1H3,(H,33,34)/b14-9+. The van der Waals surface area contributed by atoms with E-state index < -0.39 is 0 Å². The first-order chi connectivity index (χ1) is 19.0. The predicted molar refractivity (Wildman–Crippen MR) is 151 cm³/mol. The van der Waals surface area contributed by atoms with Crippen molar-refractivity contribution in [3.8, 4) is 0 Å². The molecule has 0 radical (unpaired) electrons. The number of halogens is 1. The average molecular weight is 536 g/mol. The van der Waals surface area contributed by atoms with Crippen molar-refractivity contribution in [3.05, 3.63) is 113 Å². The van der Waals surface area contributed by atoms with Crippen molar-refractivity contribution in [3.63, 3.8) is 0 Å². The topological polar surface area (TPSA) is 101 Å². The van der Waals surface area contributed by atoms with Gasteiger partial charge in [-0.05, 0) is 67.1 Å². The zero-order valence-corrected chi connectivity index (χ0v) is 21.6. The fraction of sp³-hybridized carbons (Fsp3) is 0.0690. The number of imidazole rings is 1. The normalized spacial score (nSPS) is 11.5. The van der Waals surface area contributed by atoms with Crippen molar-refractivity contribution >= 4 is 51.9 Å². The Morgan fingerprint density at radius 1 is 1.03 bits per heavy atom. The molecule has 6 aromatic rings. The van der Waals surface area contributed by atoms with E-state index in [0.29, 0.717) is 33.6 Å². The van der Waals surface area contributed by atoms with Crippen LogP contribution in [0.5, 0.6) is 0 Å². The smallest absolute Gasteiger partial charge is 0.255 e. The van der Waals surface area contributed by atoms with Crippen LogP contribution in [0.2, 0.25) is 0 Å². The summed E-state index contributed by atoms with van der Waals surface area (Å²) in [5.41, 5.74) is 4.64. The lowest BCUT2D eigenvalue weighted by atomic mass is 10.1. The summed E-state index contributed by atoms with van der Waals surface area (Å²) in [5.74, 6) is 2.11. The minimum absolute atomic E-state index is 0.171. The van der Waals surface area contributed by atoms with Crippen LogP contribution in [-0.2, 0) is 5.75 Å². The number of hydrogen-bond acceptors (Lipinski definition) is 7. The van der Waals surface area contributed by atoms with Gasteiger partial charge in [0.2, 0.25) is 5.16 Å². The fourth-order valence-corrected chi connectivity index (χ4v) is 4.76. The number of aryl methyl sites for hydroxylation is 1. The van der Waals surface area contributed by atoms with Gasteiger partial charge in [-0.15, -0.1) is 5.10 Å². The lowest BCUT2D eigenvalue weighted by Gasteiger charge is -2.09. The van der Waals surface area contributed by atoms with E-state index in [1.165, 1.54) is 30.0 Å². The van der Waals surface area contributed by atoms with Gasteiger partial charge in [0.05, 0.1) is 16.8 Å². The second-order valence-electron chi connectivity index (χ2n) is 8.83. The highest BCUT2D eigenvalue weighted by atomic mass is 32.2. The molecule has 192 valence electrons. The number of fused-ring (bicyclic) bond motifs is 2. The molecule has 8 nitrogen and oxygen atoms in total. The van der Waals surface area contributed by atoms with E-state index >= 15 is 0 Å². The molecule has 3 aromatic heterocycles. The Hall–Kier alpha value is -4.83. The molecule has 39 heavy (non-hydrogen) atoms. The van der Waals surface area contributed by atoms with Gasteiger partial charge in [0.15, 0.2) is 5.78 Å². The van der Waals surface area contributed by atoms with Crippen molar-refractivity contribution in [2.75, 3.05) is 5.32 Å². The number of thioether (sulfide) groups is 1. The number of allylic oxidation sites excluding steroid dienone is 1. The second kappa shape index (κ2) is 10.5. The highest BCUT2D eigenvalue weighted by Crippen LogP contribution is 2.24. The van der Waals surface area contributed by atoms with E-state index in [-0.39, 0.29) is 11.6 Å². The number of rotatable bonds is 8. The summed E-state index contributed by atoms with van der Waals surface area (Å²) in [6.45, 7) is 1.90. The van der Waals surface area contributed by atoms with E-state index in [1.54, 1.807) is 34.9 Å². The molecule has 0 aliphatic carbocycles. The molecular formula is C29H22FN7OS. The molecule has 10 heteroatoms. The van der Waals surface area contributed by atoms with Gasteiger partial charge in [-0.1, -0.05) is 42.1 Å². The van der Waals surface area contributed by atoms with Crippen LogP contribution in [0.4, 0.5) is 15.9 Å². The zero-order valence-electron chi connectivity index (χ0n) is 20.8. The van der Waals surface area contributed by atoms with Crippen LogP contribution in [0.3, 0.4) is 0 Å². The van der Waals surface area contributed by atoms with Gasteiger partial charge in [-0.2, -0.15) is 9.50 Å². The summed E-state index contributed by atoms with van der Waals surface area (Å²) < 4.78 is 15.0. The third-order valence-electron chi connectivity index (χ3n) is 5.91. The molecule has 0 atom stereocenters. The Bertz CT molecular complexity index is 1810. The summed E-state index contributed by atoms with van der Waals surface area (Å²) in [6, 6.07) is 23.0. The zero-order chi connectivity index (χ0) is 26.8. The van der Waals surface area contributed by atoms with Crippen molar-refractivity contribution < 1.29 is 9.18 Å². The van der Waals surface area contributed by atoms with Crippen molar-refractivity contribution in [1.29, 1.82) is 0 Å². The summed E-state index contributed by atoms with van der Waals surface area (Å²) in [6.07, 6.45) is 3.04. The molecule has 0 unspecified atom stereocenters. The van der Waals surface area contributed by atoms with Crippen LogP contribution in [0.25, 0.3) is 22.9 Å². The minimum atomic E-state index is -0.343. The van der Waals surface area contributed by atoms with Crippen LogP contribution in [0.1, 0.15) is 27.4 Å². The summed E-state index contributed by atoms with van der Waals surface area (Å²) in [7, 11) is 0. The van der Waals surface area contributed by atoms with Gasteiger partial charge >= 0.3 is 0 Å². The molecule has 3 aromatic carbocycles. The quantitative estimate of drug-likeness (QED) is 0.132. The molecule has 0 saturated heterocycles. The van der Waals surface area contributed by atoms with Crippen LogP contribution >= 0.6 is 11.8 Å². The Labute approximate surface area is 227 Å². The molecule has 0 amide bonds. The SMILES string of the molecule is Cc1cc(Nc2ccc(C(=O)/C=C/c3cccc(F)c3)cc2)n2nc(SCc3nc4ccccc4[nH]3)nc2n1. The molecule has 0 aliphatic rings. The lowest BCUT2D eigenvalue weighted by Crippen LogP contribution is -2.03. The van der Waals surface area contributed by atoms with Crippen molar-refractivity contribution in [2.45, 2.75) is 17.8 Å². The fourth-order valence-electron chi connectivity index (χ4n) is 4.07. The van der Waals surface area contributed by atoms with Crippen LogP contribution in [-0.4, -0.2) is 35.3 Å². The Morgan fingerprint density at radius 3 is 2.69 bits per heavy atom. The van der Waals surface area contributed by atoms with E-state index in [0.717, 1.165) is 28.2 Å². The van der Waals surface area contributed by atoms with Crippen LogP contribution in [0, 0.1) is 12.7 Å². The number of carbonyl (C=O) groups excluding carboxylic acids is 1.